The van der Waals surface area contributed by atoms with Gasteiger partial charge in [-0.25, -0.2) is 9.37 Å². The van der Waals surface area contributed by atoms with Crippen molar-refractivity contribution in [2.45, 2.75) is 38.1 Å². The molecule has 4 heteroatoms. The third-order valence-corrected chi connectivity index (χ3v) is 3.38. The van der Waals surface area contributed by atoms with E-state index >= 15 is 0 Å². The van der Waals surface area contributed by atoms with Crippen molar-refractivity contribution in [3.8, 4) is 0 Å². The number of hydrogen-bond acceptors (Lipinski definition) is 3. The first-order chi connectivity index (χ1) is 8.33. The molecule has 2 rings (SSSR count). The molecule has 1 heterocycles. The lowest BCUT2D eigenvalue weighted by Crippen LogP contribution is -2.36. The van der Waals surface area contributed by atoms with Crippen molar-refractivity contribution in [3.05, 3.63) is 24.1 Å². The highest BCUT2D eigenvalue weighted by atomic mass is 19.1. The molecule has 1 aliphatic carbocycles. The van der Waals surface area contributed by atoms with E-state index in [-0.39, 0.29) is 5.82 Å². The smallest absolute Gasteiger partial charge is 0.165 e. The molecule has 0 spiro atoms. The van der Waals surface area contributed by atoms with Crippen molar-refractivity contribution in [3.63, 3.8) is 0 Å². The summed E-state index contributed by atoms with van der Waals surface area (Å²) in [5, 5.41) is 0. The van der Waals surface area contributed by atoms with E-state index in [0.717, 1.165) is 25.8 Å². The van der Waals surface area contributed by atoms with Crippen molar-refractivity contribution >= 4 is 5.82 Å². The number of halogens is 1. The van der Waals surface area contributed by atoms with Crippen LogP contribution in [0.4, 0.5) is 10.2 Å². The van der Waals surface area contributed by atoms with E-state index in [2.05, 4.69) is 9.88 Å². The zero-order valence-corrected chi connectivity index (χ0v) is 10.1. The SMILES string of the molecule is NCCCN(c1ncccc1F)C1CCCC1. The van der Waals surface area contributed by atoms with Gasteiger partial charge in [-0.05, 0) is 37.9 Å². The van der Waals surface area contributed by atoms with Crippen LogP contribution in [0.2, 0.25) is 0 Å². The Bertz CT molecular complexity index is 350. The van der Waals surface area contributed by atoms with Crippen LogP contribution >= 0.6 is 0 Å². The molecule has 0 atom stereocenters. The summed E-state index contributed by atoms with van der Waals surface area (Å²) in [5.41, 5.74) is 5.55. The molecular formula is C13H20FN3. The van der Waals surface area contributed by atoms with Gasteiger partial charge in [0.05, 0.1) is 0 Å². The Morgan fingerprint density at radius 1 is 1.41 bits per heavy atom. The number of hydrogen-bond donors (Lipinski definition) is 1. The van der Waals surface area contributed by atoms with E-state index < -0.39 is 0 Å². The molecule has 1 saturated carbocycles. The number of rotatable bonds is 5. The summed E-state index contributed by atoms with van der Waals surface area (Å²) in [4.78, 5) is 6.29. The van der Waals surface area contributed by atoms with Crippen LogP contribution in [-0.2, 0) is 0 Å². The Morgan fingerprint density at radius 3 is 2.82 bits per heavy atom. The van der Waals surface area contributed by atoms with Crippen LogP contribution in [0.15, 0.2) is 18.3 Å². The van der Waals surface area contributed by atoms with Crippen molar-refractivity contribution < 1.29 is 4.39 Å². The molecule has 0 radical (unpaired) electrons. The quantitative estimate of drug-likeness (QED) is 0.854. The second-order valence-electron chi connectivity index (χ2n) is 4.58. The largest absolute Gasteiger partial charge is 0.351 e. The lowest BCUT2D eigenvalue weighted by atomic mass is 10.2. The second-order valence-corrected chi connectivity index (χ2v) is 4.58. The summed E-state index contributed by atoms with van der Waals surface area (Å²) in [7, 11) is 0. The Morgan fingerprint density at radius 2 is 2.18 bits per heavy atom. The van der Waals surface area contributed by atoms with Gasteiger partial charge >= 0.3 is 0 Å². The maximum atomic E-state index is 13.8. The summed E-state index contributed by atoms with van der Waals surface area (Å²) in [6.07, 6.45) is 7.28. The third kappa shape index (κ3) is 2.94. The van der Waals surface area contributed by atoms with Crippen LogP contribution in [0, 0.1) is 5.82 Å². The lowest BCUT2D eigenvalue weighted by Gasteiger charge is -2.30. The molecule has 17 heavy (non-hydrogen) atoms. The van der Waals surface area contributed by atoms with Gasteiger partial charge in [0, 0.05) is 18.8 Å². The summed E-state index contributed by atoms with van der Waals surface area (Å²) >= 11 is 0. The van der Waals surface area contributed by atoms with Crippen LogP contribution in [0.5, 0.6) is 0 Å². The molecule has 0 amide bonds. The third-order valence-electron chi connectivity index (χ3n) is 3.38. The Kier molecular flexibility index (Phi) is 4.31. The molecule has 3 nitrogen and oxygen atoms in total. The minimum atomic E-state index is -0.226. The topological polar surface area (TPSA) is 42.1 Å². The summed E-state index contributed by atoms with van der Waals surface area (Å²) < 4.78 is 13.8. The summed E-state index contributed by atoms with van der Waals surface area (Å²) in [6, 6.07) is 3.55. The Hall–Kier alpha value is -1.16. The fourth-order valence-electron chi connectivity index (χ4n) is 2.53. The first-order valence-corrected chi connectivity index (χ1v) is 6.40. The molecular weight excluding hydrogens is 217 g/mol. The molecule has 0 saturated heterocycles. The summed E-state index contributed by atoms with van der Waals surface area (Å²) in [6.45, 7) is 1.44. The first kappa shape index (κ1) is 12.3. The highest BCUT2D eigenvalue weighted by Gasteiger charge is 2.24. The zero-order chi connectivity index (χ0) is 12.1. The van der Waals surface area contributed by atoms with Crippen LogP contribution in [0.1, 0.15) is 32.1 Å². The fraction of sp³-hybridized carbons (Fsp3) is 0.615. The van der Waals surface area contributed by atoms with Gasteiger partial charge in [0.15, 0.2) is 11.6 Å². The molecule has 0 aliphatic heterocycles. The van der Waals surface area contributed by atoms with E-state index in [4.69, 9.17) is 5.73 Å². The highest BCUT2D eigenvalue weighted by Crippen LogP contribution is 2.28. The average Bonchev–Trinajstić information content (AvgIpc) is 2.85. The Labute approximate surface area is 102 Å². The predicted octanol–water partition coefficient (Wildman–Crippen LogP) is 2.32. The number of pyridine rings is 1. The van der Waals surface area contributed by atoms with Crippen LogP contribution < -0.4 is 10.6 Å². The van der Waals surface area contributed by atoms with Gasteiger partial charge < -0.3 is 10.6 Å². The van der Waals surface area contributed by atoms with Gasteiger partial charge in [-0.15, -0.1) is 0 Å². The van der Waals surface area contributed by atoms with Crippen LogP contribution in [-0.4, -0.2) is 24.1 Å². The average molecular weight is 237 g/mol. The van der Waals surface area contributed by atoms with E-state index in [0.29, 0.717) is 18.4 Å². The van der Waals surface area contributed by atoms with Crippen molar-refractivity contribution in [2.24, 2.45) is 5.73 Å². The monoisotopic (exact) mass is 237 g/mol. The lowest BCUT2D eigenvalue weighted by molar-refractivity contribution is 0.553. The standard InChI is InChI=1S/C13H20FN3/c14-12-7-3-9-16-13(12)17(10-4-8-15)11-5-1-2-6-11/h3,7,9,11H,1-2,4-6,8,10,15H2. The predicted molar refractivity (Wildman–Crippen MR) is 67.5 cm³/mol. The molecule has 1 aromatic heterocycles. The molecule has 0 bridgehead atoms. The normalized spacial score (nSPS) is 16.4. The highest BCUT2D eigenvalue weighted by molar-refractivity contribution is 5.41. The van der Waals surface area contributed by atoms with Gasteiger partial charge in [0.2, 0.25) is 0 Å². The van der Waals surface area contributed by atoms with Crippen LogP contribution in [0.3, 0.4) is 0 Å². The minimum Gasteiger partial charge on any atom is -0.351 e. The second kappa shape index (κ2) is 5.96. The van der Waals surface area contributed by atoms with E-state index in [1.165, 1.54) is 18.9 Å². The van der Waals surface area contributed by atoms with Gasteiger partial charge in [0.1, 0.15) is 0 Å². The molecule has 0 aromatic carbocycles. The number of aromatic nitrogens is 1. The zero-order valence-electron chi connectivity index (χ0n) is 10.1. The maximum absolute atomic E-state index is 13.8. The van der Waals surface area contributed by atoms with Gasteiger partial charge in [-0.2, -0.15) is 0 Å². The van der Waals surface area contributed by atoms with Gasteiger partial charge in [0.25, 0.3) is 0 Å². The minimum absolute atomic E-state index is 0.226. The molecule has 0 unspecified atom stereocenters. The Balaban J connectivity index is 2.16. The van der Waals surface area contributed by atoms with E-state index in [9.17, 15) is 4.39 Å². The van der Waals surface area contributed by atoms with E-state index in [1.807, 2.05) is 0 Å². The van der Waals surface area contributed by atoms with Gasteiger partial charge in [-0.1, -0.05) is 12.8 Å². The van der Waals surface area contributed by atoms with Crippen molar-refractivity contribution in [1.82, 2.24) is 4.98 Å². The fourth-order valence-corrected chi connectivity index (χ4v) is 2.53. The molecule has 1 aromatic rings. The van der Waals surface area contributed by atoms with E-state index in [1.54, 1.807) is 12.3 Å². The molecule has 1 fully saturated rings. The first-order valence-electron chi connectivity index (χ1n) is 6.40. The van der Waals surface area contributed by atoms with Crippen molar-refractivity contribution in [2.75, 3.05) is 18.0 Å². The van der Waals surface area contributed by atoms with Crippen LogP contribution in [0.25, 0.3) is 0 Å². The maximum Gasteiger partial charge on any atom is 0.165 e. The van der Waals surface area contributed by atoms with Crippen molar-refractivity contribution in [1.29, 1.82) is 0 Å². The molecule has 1 aliphatic rings. The summed E-state index contributed by atoms with van der Waals surface area (Å²) in [5.74, 6) is 0.268. The molecule has 94 valence electrons. The number of nitrogens with zero attached hydrogens (tertiary/aromatic N) is 2. The van der Waals surface area contributed by atoms with Gasteiger partial charge in [-0.3, -0.25) is 0 Å². The number of anilines is 1. The molecule has 2 N–H and O–H groups in total. The number of nitrogens with two attached hydrogens (primary N) is 1.